The lowest BCUT2D eigenvalue weighted by Crippen LogP contribution is -2.24. The Labute approximate surface area is 147 Å². The molecule has 0 atom stereocenters. The van der Waals surface area contributed by atoms with E-state index in [9.17, 15) is 14.7 Å². The number of carbonyl (C=O) groups excluding carboxylic acids is 1. The summed E-state index contributed by atoms with van der Waals surface area (Å²) in [5.41, 5.74) is 3.59. The second kappa shape index (κ2) is 7.51. The zero-order chi connectivity index (χ0) is 17.8. The van der Waals surface area contributed by atoms with Crippen LogP contribution in [0.1, 0.15) is 48.0 Å². The van der Waals surface area contributed by atoms with Crippen molar-refractivity contribution >= 4 is 17.6 Å². The topological polar surface area (TPSA) is 66.4 Å². The van der Waals surface area contributed by atoms with E-state index in [1.54, 1.807) is 6.07 Å². The van der Waals surface area contributed by atoms with E-state index in [0.717, 1.165) is 42.4 Å². The van der Waals surface area contributed by atoms with Gasteiger partial charge in [0.2, 0.25) is 5.91 Å². The molecule has 0 spiro atoms. The molecule has 0 bridgehead atoms. The molecule has 2 aromatic rings. The number of rotatable bonds is 4. The quantitative estimate of drug-likeness (QED) is 0.835. The Morgan fingerprint density at radius 1 is 0.960 bits per heavy atom. The Hall–Kier alpha value is -2.62. The summed E-state index contributed by atoms with van der Waals surface area (Å²) in [6, 6.07) is 12.9. The Balaban J connectivity index is 1.88. The molecule has 4 heteroatoms. The van der Waals surface area contributed by atoms with Crippen LogP contribution >= 0.6 is 0 Å². The van der Waals surface area contributed by atoms with Crippen molar-refractivity contribution in [1.82, 2.24) is 0 Å². The molecule has 1 saturated carbocycles. The summed E-state index contributed by atoms with van der Waals surface area (Å²) in [6.45, 7) is 2.01. The standard InChI is InChI=1S/C21H23NO3/c1-14-7-9-15(10-8-14)17-11-18(21(24)25)13-19(12-17)22-20(23)16-5-3-2-4-6-16/h7-13,16H,2-6H2,1H3,(H,22,23)(H,24,25). The summed E-state index contributed by atoms with van der Waals surface area (Å²) in [5, 5.41) is 12.3. The Bertz CT molecular complexity index is 774. The molecule has 4 nitrogen and oxygen atoms in total. The largest absolute Gasteiger partial charge is 0.478 e. The van der Waals surface area contributed by atoms with E-state index < -0.39 is 5.97 Å². The van der Waals surface area contributed by atoms with Gasteiger partial charge in [-0.2, -0.15) is 0 Å². The first-order valence-corrected chi connectivity index (χ1v) is 8.79. The van der Waals surface area contributed by atoms with E-state index in [2.05, 4.69) is 5.32 Å². The van der Waals surface area contributed by atoms with Crippen molar-refractivity contribution in [3.63, 3.8) is 0 Å². The zero-order valence-electron chi connectivity index (χ0n) is 14.4. The average molecular weight is 337 g/mol. The fourth-order valence-electron chi connectivity index (χ4n) is 3.35. The van der Waals surface area contributed by atoms with Gasteiger partial charge in [-0.3, -0.25) is 4.79 Å². The molecule has 0 unspecified atom stereocenters. The molecule has 25 heavy (non-hydrogen) atoms. The predicted molar refractivity (Wildman–Crippen MR) is 98.8 cm³/mol. The maximum Gasteiger partial charge on any atom is 0.335 e. The number of benzene rings is 2. The molecular weight excluding hydrogens is 314 g/mol. The van der Waals surface area contributed by atoms with Gasteiger partial charge in [0.05, 0.1) is 5.56 Å². The second-order valence-corrected chi connectivity index (χ2v) is 6.79. The first kappa shape index (κ1) is 17.2. The normalized spacial score (nSPS) is 14.9. The van der Waals surface area contributed by atoms with E-state index in [-0.39, 0.29) is 17.4 Å². The summed E-state index contributed by atoms with van der Waals surface area (Å²) in [4.78, 5) is 23.9. The van der Waals surface area contributed by atoms with Crippen LogP contribution < -0.4 is 5.32 Å². The van der Waals surface area contributed by atoms with E-state index in [0.29, 0.717) is 5.69 Å². The van der Waals surface area contributed by atoms with Gasteiger partial charge in [0.1, 0.15) is 0 Å². The van der Waals surface area contributed by atoms with Crippen molar-refractivity contribution in [1.29, 1.82) is 0 Å². The van der Waals surface area contributed by atoms with Gasteiger partial charge in [-0.25, -0.2) is 4.79 Å². The van der Waals surface area contributed by atoms with Crippen LogP contribution in [0.3, 0.4) is 0 Å². The fourth-order valence-corrected chi connectivity index (χ4v) is 3.35. The minimum Gasteiger partial charge on any atom is -0.478 e. The van der Waals surface area contributed by atoms with Gasteiger partial charge in [-0.15, -0.1) is 0 Å². The minimum atomic E-state index is -0.998. The second-order valence-electron chi connectivity index (χ2n) is 6.79. The number of amides is 1. The van der Waals surface area contributed by atoms with Crippen molar-refractivity contribution in [3.8, 4) is 11.1 Å². The first-order chi connectivity index (χ1) is 12.0. The number of nitrogens with one attached hydrogen (secondary N) is 1. The molecule has 0 saturated heterocycles. The molecule has 1 aliphatic carbocycles. The predicted octanol–water partition coefficient (Wildman–Crippen LogP) is 4.88. The summed E-state index contributed by atoms with van der Waals surface area (Å²) < 4.78 is 0. The Morgan fingerprint density at radius 2 is 1.64 bits per heavy atom. The van der Waals surface area contributed by atoms with E-state index >= 15 is 0 Å². The molecule has 0 radical (unpaired) electrons. The monoisotopic (exact) mass is 337 g/mol. The molecule has 0 aliphatic heterocycles. The first-order valence-electron chi connectivity index (χ1n) is 8.79. The number of anilines is 1. The van der Waals surface area contributed by atoms with Crippen molar-refractivity contribution in [3.05, 3.63) is 53.6 Å². The number of aryl methyl sites for hydroxylation is 1. The van der Waals surface area contributed by atoms with Gasteiger partial charge in [0.15, 0.2) is 0 Å². The van der Waals surface area contributed by atoms with Crippen LogP contribution in [0.5, 0.6) is 0 Å². The summed E-state index contributed by atoms with van der Waals surface area (Å²) in [5.74, 6) is -0.968. The minimum absolute atomic E-state index is 0.00269. The summed E-state index contributed by atoms with van der Waals surface area (Å²) >= 11 is 0. The number of hydrogen-bond donors (Lipinski definition) is 2. The number of carboxylic acid groups (broad SMARTS) is 1. The summed E-state index contributed by atoms with van der Waals surface area (Å²) in [6.07, 6.45) is 5.18. The highest BCUT2D eigenvalue weighted by Gasteiger charge is 2.21. The lowest BCUT2D eigenvalue weighted by Gasteiger charge is -2.21. The molecule has 2 aromatic carbocycles. The highest BCUT2D eigenvalue weighted by molar-refractivity contribution is 5.96. The Kier molecular flexibility index (Phi) is 5.17. The van der Waals surface area contributed by atoms with Crippen LogP contribution in [0.25, 0.3) is 11.1 Å². The number of aromatic carboxylic acids is 1. The van der Waals surface area contributed by atoms with Gasteiger partial charge in [0.25, 0.3) is 0 Å². The van der Waals surface area contributed by atoms with E-state index in [1.807, 2.05) is 37.3 Å². The van der Waals surface area contributed by atoms with Crippen LogP contribution in [0, 0.1) is 12.8 Å². The maximum absolute atomic E-state index is 12.5. The zero-order valence-corrected chi connectivity index (χ0v) is 14.4. The van der Waals surface area contributed by atoms with Crippen LogP contribution in [-0.2, 0) is 4.79 Å². The highest BCUT2D eigenvalue weighted by Crippen LogP contribution is 2.28. The third-order valence-corrected chi connectivity index (χ3v) is 4.81. The van der Waals surface area contributed by atoms with Gasteiger partial charge in [-0.1, -0.05) is 49.1 Å². The lowest BCUT2D eigenvalue weighted by molar-refractivity contribution is -0.120. The number of carboxylic acids is 1. The Morgan fingerprint density at radius 3 is 2.28 bits per heavy atom. The van der Waals surface area contributed by atoms with Crippen molar-refractivity contribution in [2.75, 3.05) is 5.32 Å². The molecule has 2 N–H and O–H groups in total. The number of hydrogen-bond acceptors (Lipinski definition) is 2. The molecule has 0 heterocycles. The summed E-state index contributed by atoms with van der Waals surface area (Å²) in [7, 11) is 0. The highest BCUT2D eigenvalue weighted by atomic mass is 16.4. The van der Waals surface area contributed by atoms with Crippen LogP contribution in [-0.4, -0.2) is 17.0 Å². The fraction of sp³-hybridized carbons (Fsp3) is 0.333. The van der Waals surface area contributed by atoms with E-state index in [4.69, 9.17) is 0 Å². The average Bonchev–Trinajstić information content (AvgIpc) is 2.62. The van der Waals surface area contributed by atoms with E-state index in [1.165, 1.54) is 12.5 Å². The third kappa shape index (κ3) is 4.27. The molecule has 1 amide bonds. The number of carbonyl (C=O) groups is 2. The molecule has 0 aromatic heterocycles. The maximum atomic E-state index is 12.5. The van der Waals surface area contributed by atoms with Crippen LogP contribution in [0.4, 0.5) is 5.69 Å². The van der Waals surface area contributed by atoms with Gasteiger partial charge >= 0.3 is 5.97 Å². The van der Waals surface area contributed by atoms with Gasteiger partial charge in [0, 0.05) is 11.6 Å². The molecule has 130 valence electrons. The molecular formula is C21H23NO3. The van der Waals surface area contributed by atoms with Crippen molar-refractivity contribution < 1.29 is 14.7 Å². The van der Waals surface area contributed by atoms with Crippen LogP contribution in [0.15, 0.2) is 42.5 Å². The van der Waals surface area contributed by atoms with Crippen LogP contribution in [0.2, 0.25) is 0 Å². The molecule has 1 aliphatic rings. The third-order valence-electron chi connectivity index (χ3n) is 4.81. The smallest absolute Gasteiger partial charge is 0.335 e. The lowest BCUT2D eigenvalue weighted by atomic mass is 9.88. The van der Waals surface area contributed by atoms with Crippen molar-refractivity contribution in [2.24, 2.45) is 5.92 Å². The molecule has 1 fully saturated rings. The van der Waals surface area contributed by atoms with Gasteiger partial charge < -0.3 is 10.4 Å². The SMILES string of the molecule is Cc1ccc(-c2cc(NC(=O)C3CCCCC3)cc(C(=O)O)c2)cc1. The van der Waals surface area contributed by atoms with Crippen molar-refractivity contribution in [2.45, 2.75) is 39.0 Å². The molecule has 3 rings (SSSR count). The van der Waals surface area contributed by atoms with Gasteiger partial charge in [-0.05, 0) is 49.1 Å².